The van der Waals surface area contributed by atoms with Crippen molar-refractivity contribution in [1.82, 2.24) is 15.6 Å². The van der Waals surface area contributed by atoms with Gasteiger partial charge >= 0.3 is 6.09 Å². The highest BCUT2D eigenvalue weighted by molar-refractivity contribution is 5.94. The summed E-state index contributed by atoms with van der Waals surface area (Å²) in [4.78, 5) is 28.1. The molecule has 7 heteroatoms. The maximum atomic E-state index is 12.4. The molecule has 0 saturated heterocycles. The lowest BCUT2D eigenvalue weighted by molar-refractivity contribution is 0.0921. The minimum Gasteiger partial charge on any atom is -0.445 e. The van der Waals surface area contributed by atoms with E-state index in [1.807, 2.05) is 18.2 Å². The van der Waals surface area contributed by atoms with E-state index in [0.29, 0.717) is 12.1 Å². The molecule has 1 aromatic heterocycles. The third-order valence-electron chi connectivity index (χ3n) is 4.88. The summed E-state index contributed by atoms with van der Waals surface area (Å²) in [5.41, 5.74) is 8.38. The second-order valence-electron chi connectivity index (χ2n) is 7.02. The Morgan fingerprint density at radius 3 is 2.61 bits per heavy atom. The summed E-state index contributed by atoms with van der Waals surface area (Å²) < 4.78 is 5.14. The van der Waals surface area contributed by atoms with E-state index in [2.05, 4.69) is 15.6 Å². The van der Waals surface area contributed by atoms with Crippen molar-refractivity contribution in [3.05, 3.63) is 65.5 Å². The van der Waals surface area contributed by atoms with Crippen LogP contribution in [-0.4, -0.2) is 29.1 Å². The van der Waals surface area contributed by atoms with Crippen molar-refractivity contribution in [2.45, 2.75) is 50.9 Å². The standard InChI is InChI=1S/C21H26N4O3/c22-18-5-1-2-6-19(18)25-20(26)17-9-7-15(8-10-17)13-24-21(27)28-14-16-4-3-11-23-12-16/h3-4,7-12,18-19H,1-2,5-6,13-14,22H2,(H,24,27)(H,25,26). The summed E-state index contributed by atoms with van der Waals surface area (Å²) in [5, 5.41) is 5.72. The van der Waals surface area contributed by atoms with E-state index in [-0.39, 0.29) is 24.6 Å². The molecular weight excluding hydrogens is 356 g/mol. The topological polar surface area (TPSA) is 106 Å². The van der Waals surface area contributed by atoms with Crippen molar-refractivity contribution in [3.63, 3.8) is 0 Å². The number of rotatable bonds is 6. The van der Waals surface area contributed by atoms with Crippen LogP contribution in [0.4, 0.5) is 4.79 Å². The number of hydrogen-bond donors (Lipinski definition) is 3. The second kappa shape index (κ2) is 9.85. The van der Waals surface area contributed by atoms with E-state index >= 15 is 0 Å². The molecule has 1 saturated carbocycles. The first kappa shape index (κ1) is 19.8. The van der Waals surface area contributed by atoms with Gasteiger partial charge in [-0.2, -0.15) is 0 Å². The smallest absolute Gasteiger partial charge is 0.407 e. The number of carbonyl (C=O) groups excluding carboxylic acids is 2. The van der Waals surface area contributed by atoms with Crippen molar-refractivity contribution in [2.75, 3.05) is 0 Å². The molecule has 1 heterocycles. The third kappa shape index (κ3) is 5.79. The van der Waals surface area contributed by atoms with Crippen molar-refractivity contribution >= 4 is 12.0 Å². The van der Waals surface area contributed by atoms with Gasteiger partial charge in [0.25, 0.3) is 5.91 Å². The SMILES string of the molecule is NC1CCCCC1NC(=O)c1ccc(CNC(=O)OCc2cccnc2)cc1. The molecule has 4 N–H and O–H groups in total. The Kier molecular flexibility index (Phi) is 6.97. The quantitative estimate of drug-likeness (QED) is 0.712. The molecule has 1 aliphatic rings. The van der Waals surface area contributed by atoms with E-state index in [1.54, 1.807) is 30.6 Å². The first-order chi connectivity index (χ1) is 13.6. The molecule has 1 fully saturated rings. The first-order valence-electron chi connectivity index (χ1n) is 9.57. The fourth-order valence-electron chi connectivity index (χ4n) is 3.22. The van der Waals surface area contributed by atoms with Gasteiger partial charge in [0.05, 0.1) is 0 Å². The van der Waals surface area contributed by atoms with Crippen LogP contribution in [0.3, 0.4) is 0 Å². The zero-order valence-electron chi connectivity index (χ0n) is 15.8. The lowest BCUT2D eigenvalue weighted by Gasteiger charge is -2.29. The normalized spacial score (nSPS) is 18.9. The summed E-state index contributed by atoms with van der Waals surface area (Å²) in [6.07, 6.45) is 6.91. The van der Waals surface area contributed by atoms with Gasteiger partial charge in [0.2, 0.25) is 0 Å². The van der Waals surface area contributed by atoms with Gasteiger partial charge in [0, 0.05) is 42.1 Å². The molecule has 28 heavy (non-hydrogen) atoms. The fraction of sp³-hybridized carbons (Fsp3) is 0.381. The molecule has 3 rings (SSSR count). The van der Waals surface area contributed by atoms with E-state index in [0.717, 1.165) is 36.8 Å². The van der Waals surface area contributed by atoms with Gasteiger partial charge in [-0.05, 0) is 36.6 Å². The number of nitrogens with one attached hydrogen (secondary N) is 2. The number of pyridine rings is 1. The van der Waals surface area contributed by atoms with Gasteiger partial charge in [-0.25, -0.2) is 4.79 Å². The van der Waals surface area contributed by atoms with Crippen LogP contribution in [0.2, 0.25) is 0 Å². The van der Waals surface area contributed by atoms with Crippen LogP contribution in [0, 0.1) is 0 Å². The largest absolute Gasteiger partial charge is 0.445 e. The average molecular weight is 382 g/mol. The Bertz CT molecular complexity index is 780. The van der Waals surface area contributed by atoms with E-state index in [9.17, 15) is 9.59 Å². The summed E-state index contributed by atoms with van der Waals surface area (Å²) in [5.74, 6) is -0.113. The van der Waals surface area contributed by atoms with Crippen LogP contribution in [0.5, 0.6) is 0 Å². The number of amides is 2. The van der Waals surface area contributed by atoms with Gasteiger partial charge in [0.15, 0.2) is 0 Å². The maximum absolute atomic E-state index is 12.4. The number of nitrogens with zero attached hydrogens (tertiary/aromatic N) is 1. The van der Waals surface area contributed by atoms with E-state index in [1.165, 1.54) is 0 Å². The molecule has 2 atom stereocenters. The van der Waals surface area contributed by atoms with Crippen LogP contribution in [-0.2, 0) is 17.9 Å². The number of alkyl carbamates (subject to hydrolysis) is 1. The predicted octanol–water partition coefficient (Wildman–Crippen LogP) is 2.51. The molecule has 0 bridgehead atoms. The zero-order chi connectivity index (χ0) is 19.8. The Morgan fingerprint density at radius 2 is 1.89 bits per heavy atom. The van der Waals surface area contributed by atoms with Crippen molar-refractivity contribution in [2.24, 2.45) is 5.73 Å². The minimum absolute atomic E-state index is 0.0267. The molecule has 1 aliphatic carbocycles. The molecule has 2 aromatic rings. The maximum Gasteiger partial charge on any atom is 0.407 e. The highest BCUT2D eigenvalue weighted by Gasteiger charge is 2.23. The molecule has 7 nitrogen and oxygen atoms in total. The molecule has 2 amide bonds. The summed E-state index contributed by atoms with van der Waals surface area (Å²) in [7, 11) is 0. The summed E-state index contributed by atoms with van der Waals surface area (Å²) in [6.45, 7) is 0.489. The Balaban J connectivity index is 1.43. The lowest BCUT2D eigenvalue weighted by atomic mass is 9.91. The Labute approximate surface area is 164 Å². The van der Waals surface area contributed by atoms with Crippen LogP contribution in [0.15, 0.2) is 48.8 Å². The number of carbonyl (C=O) groups is 2. The summed E-state index contributed by atoms with van der Waals surface area (Å²) in [6, 6.07) is 10.8. The van der Waals surface area contributed by atoms with Crippen LogP contribution in [0.25, 0.3) is 0 Å². The number of benzene rings is 1. The number of hydrogen-bond acceptors (Lipinski definition) is 5. The molecule has 1 aromatic carbocycles. The van der Waals surface area contributed by atoms with E-state index < -0.39 is 6.09 Å². The molecule has 0 aliphatic heterocycles. The second-order valence-corrected chi connectivity index (χ2v) is 7.02. The van der Waals surface area contributed by atoms with Gasteiger partial charge in [-0.3, -0.25) is 9.78 Å². The molecule has 0 radical (unpaired) electrons. The minimum atomic E-state index is -0.503. The first-order valence-corrected chi connectivity index (χ1v) is 9.57. The number of nitrogens with two attached hydrogens (primary N) is 1. The predicted molar refractivity (Wildman–Crippen MR) is 105 cm³/mol. The van der Waals surface area contributed by atoms with Gasteiger partial charge in [-0.1, -0.05) is 31.0 Å². The molecule has 0 spiro atoms. The third-order valence-corrected chi connectivity index (χ3v) is 4.88. The van der Waals surface area contributed by atoms with Crippen molar-refractivity contribution in [1.29, 1.82) is 0 Å². The van der Waals surface area contributed by atoms with Crippen LogP contribution in [0.1, 0.15) is 47.2 Å². The van der Waals surface area contributed by atoms with E-state index in [4.69, 9.17) is 10.5 Å². The van der Waals surface area contributed by atoms with Gasteiger partial charge in [0.1, 0.15) is 6.61 Å². The van der Waals surface area contributed by atoms with Crippen molar-refractivity contribution < 1.29 is 14.3 Å². The van der Waals surface area contributed by atoms with Crippen LogP contribution < -0.4 is 16.4 Å². The van der Waals surface area contributed by atoms with Gasteiger partial charge < -0.3 is 21.1 Å². The van der Waals surface area contributed by atoms with Crippen molar-refractivity contribution in [3.8, 4) is 0 Å². The summed E-state index contributed by atoms with van der Waals surface area (Å²) >= 11 is 0. The number of aromatic nitrogens is 1. The Morgan fingerprint density at radius 1 is 1.11 bits per heavy atom. The highest BCUT2D eigenvalue weighted by atomic mass is 16.5. The zero-order valence-corrected chi connectivity index (χ0v) is 15.8. The van der Waals surface area contributed by atoms with Gasteiger partial charge in [-0.15, -0.1) is 0 Å². The number of ether oxygens (including phenoxy) is 1. The Hall–Kier alpha value is -2.93. The van der Waals surface area contributed by atoms with Crippen LogP contribution >= 0.6 is 0 Å². The monoisotopic (exact) mass is 382 g/mol. The molecule has 2 unspecified atom stereocenters. The fourth-order valence-corrected chi connectivity index (χ4v) is 3.22. The molecular formula is C21H26N4O3. The highest BCUT2D eigenvalue weighted by Crippen LogP contribution is 2.17. The molecule has 148 valence electrons. The average Bonchev–Trinajstić information content (AvgIpc) is 2.73. The lowest BCUT2D eigenvalue weighted by Crippen LogP contribution is -2.49.